The highest BCUT2D eigenvalue weighted by Crippen LogP contribution is 2.08. The summed E-state index contributed by atoms with van der Waals surface area (Å²) in [6.07, 6.45) is 3.51. The van der Waals surface area contributed by atoms with Crippen LogP contribution in [0.25, 0.3) is 0 Å². The minimum Gasteiger partial charge on any atom is -0.389 e. The van der Waals surface area contributed by atoms with Crippen LogP contribution in [0, 0.1) is 5.92 Å². The predicted molar refractivity (Wildman–Crippen MR) is 46.9 cm³/mol. The molecule has 0 fully saturated rings. The van der Waals surface area contributed by atoms with E-state index < -0.39 is 0 Å². The molecular weight excluding hydrogens is 122 g/mol. The average molecular weight is 141 g/mol. The van der Waals surface area contributed by atoms with Gasteiger partial charge in [-0.2, -0.15) is 0 Å². The van der Waals surface area contributed by atoms with Crippen LogP contribution >= 0.6 is 0 Å². The van der Waals surface area contributed by atoms with E-state index in [0.717, 1.165) is 12.5 Å². The molecule has 1 rings (SSSR count). The van der Waals surface area contributed by atoms with Crippen LogP contribution in [0.1, 0.15) is 34.1 Å². The first-order valence-corrected chi connectivity index (χ1v) is 4.19. The van der Waals surface area contributed by atoms with Crippen LogP contribution in [-0.4, -0.2) is 6.54 Å². The quantitative estimate of drug-likeness (QED) is 0.546. The maximum absolute atomic E-state index is 3.29. The molecule has 1 unspecified atom stereocenters. The Kier molecular flexibility index (Phi) is 5.09. The number of allylic oxidation sites excluding steroid dienone is 2. The molecule has 0 aromatic heterocycles. The summed E-state index contributed by atoms with van der Waals surface area (Å²) in [5, 5.41) is 3.29. The summed E-state index contributed by atoms with van der Waals surface area (Å²) in [5.41, 5.74) is 1.34. The van der Waals surface area contributed by atoms with Crippen LogP contribution in [0.15, 0.2) is 11.8 Å². The summed E-state index contributed by atoms with van der Waals surface area (Å²) >= 11 is 0. The van der Waals surface area contributed by atoms with Crippen LogP contribution in [0.3, 0.4) is 0 Å². The largest absolute Gasteiger partial charge is 0.389 e. The van der Waals surface area contributed by atoms with E-state index in [-0.39, 0.29) is 0 Å². The van der Waals surface area contributed by atoms with Crippen molar-refractivity contribution in [2.75, 3.05) is 6.54 Å². The smallest absolute Gasteiger partial charge is 0.0172 e. The summed E-state index contributed by atoms with van der Waals surface area (Å²) in [4.78, 5) is 0. The second-order valence-corrected chi connectivity index (χ2v) is 2.61. The van der Waals surface area contributed by atoms with Crippen molar-refractivity contribution in [1.82, 2.24) is 5.32 Å². The number of rotatable bonds is 0. The molecule has 0 aromatic carbocycles. The van der Waals surface area contributed by atoms with Crippen LogP contribution in [0.5, 0.6) is 0 Å². The average Bonchev–Trinajstić information content (AvgIpc) is 2.00. The molecule has 0 saturated heterocycles. The van der Waals surface area contributed by atoms with Crippen molar-refractivity contribution in [3.63, 3.8) is 0 Å². The molecule has 0 spiro atoms. The zero-order valence-corrected chi connectivity index (χ0v) is 7.57. The van der Waals surface area contributed by atoms with Gasteiger partial charge in [0.05, 0.1) is 0 Å². The van der Waals surface area contributed by atoms with E-state index in [1.165, 1.54) is 12.1 Å². The van der Waals surface area contributed by atoms with Gasteiger partial charge in [0.2, 0.25) is 0 Å². The Morgan fingerprint density at radius 3 is 2.40 bits per heavy atom. The third-order valence-corrected chi connectivity index (χ3v) is 1.56. The summed E-state index contributed by atoms with van der Waals surface area (Å²) in [6.45, 7) is 9.53. The minimum absolute atomic E-state index is 0.832. The number of nitrogens with one attached hydrogen (secondary N) is 1. The fourth-order valence-electron chi connectivity index (χ4n) is 0.869. The molecule has 1 heterocycles. The zero-order valence-electron chi connectivity index (χ0n) is 7.57. The zero-order chi connectivity index (χ0) is 7.98. The Morgan fingerprint density at radius 1 is 1.50 bits per heavy atom. The lowest BCUT2D eigenvalue weighted by Gasteiger charge is -2.17. The molecule has 0 amide bonds. The maximum atomic E-state index is 3.29. The van der Waals surface area contributed by atoms with Gasteiger partial charge in [-0.1, -0.05) is 26.8 Å². The minimum atomic E-state index is 0.832. The van der Waals surface area contributed by atoms with Crippen molar-refractivity contribution in [3.8, 4) is 0 Å². The molecule has 0 aromatic rings. The molecule has 1 atom stereocenters. The monoisotopic (exact) mass is 141 g/mol. The van der Waals surface area contributed by atoms with E-state index in [1.54, 1.807) is 0 Å². The third-order valence-electron chi connectivity index (χ3n) is 1.56. The second-order valence-electron chi connectivity index (χ2n) is 2.61. The van der Waals surface area contributed by atoms with Gasteiger partial charge < -0.3 is 5.32 Å². The van der Waals surface area contributed by atoms with Gasteiger partial charge >= 0.3 is 0 Å². The highest BCUT2D eigenvalue weighted by Gasteiger charge is 2.03. The van der Waals surface area contributed by atoms with Gasteiger partial charge in [-0.05, 0) is 19.3 Å². The number of hydrogen-bond donors (Lipinski definition) is 1. The highest BCUT2D eigenvalue weighted by atomic mass is 14.9. The molecule has 60 valence electrons. The van der Waals surface area contributed by atoms with Gasteiger partial charge in [-0.3, -0.25) is 0 Å². The Morgan fingerprint density at radius 2 is 2.10 bits per heavy atom. The van der Waals surface area contributed by atoms with Gasteiger partial charge in [0.1, 0.15) is 0 Å². The number of hydrogen-bond acceptors (Lipinski definition) is 1. The molecule has 0 saturated carbocycles. The Bertz CT molecular complexity index is 105. The van der Waals surface area contributed by atoms with Crippen LogP contribution in [0.4, 0.5) is 0 Å². The van der Waals surface area contributed by atoms with Crippen molar-refractivity contribution in [3.05, 3.63) is 11.8 Å². The Balaban J connectivity index is 0.000000371. The van der Waals surface area contributed by atoms with E-state index in [0.29, 0.717) is 0 Å². The Hall–Kier alpha value is -0.460. The first-order valence-electron chi connectivity index (χ1n) is 4.19. The summed E-state index contributed by atoms with van der Waals surface area (Å²) in [6, 6.07) is 0. The Labute approximate surface area is 64.5 Å². The summed E-state index contributed by atoms with van der Waals surface area (Å²) in [7, 11) is 0. The van der Waals surface area contributed by atoms with E-state index in [9.17, 15) is 0 Å². The van der Waals surface area contributed by atoms with Crippen molar-refractivity contribution in [2.24, 2.45) is 5.92 Å². The fraction of sp³-hybridized carbons (Fsp3) is 0.778. The normalized spacial score (nSPS) is 23.6. The lowest BCUT2D eigenvalue weighted by atomic mass is 10.0. The molecule has 1 aliphatic heterocycles. The first-order chi connectivity index (χ1) is 4.79. The van der Waals surface area contributed by atoms with Crippen LogP contribution < -0.4 is 5.32 Å². The van der Waals surface area contributed by atoms with E-state index in [2.05, 4.69) is 25.2 Å². The molecule has 1 nitrogen and oxygen atoms in total. The molecule has 1 aliphatic rings. The lowest BCUT2D eigenvalue weighted by Crippen LogP contribution is -2.22. The van der Waals surface area contributed by atoms with E-state index in [1.807, 2.05) is 13.8 Å². The van der Waals surface area contributed by atoms with Crippen LogP contribution in [0.2, 0.25) is 0 Å². The lowest BCUT2D eigenvalue weighted by molar-refractivity contribution is 0.523. The van der Waals surface area contributed by atoms with Crippen molar-refractivity contribution >= 4 is 0 Å². The molecule has 0 aliphatic carbocycles. The highest BCUT2D eigenvalue weighted by molar-refractivity contribution is 4.99. The van der Waals surface area contributed by atoms with Crippen LogP contribution in [-0.2, 0) is 0 Å². The fourth-order valence-corrected chi connectivity index (χ4v) is 0.869. The van der Waals surface area contributed by atoms with Gasteiger partial charge in [0, 0.05) is 12.2 Å². The molecule has 0 radical (unpaired) electrons. The van der Waals surface area contributed by atoms with Crippen molar-refractivity contribution in [1.29, 1.82) is 0 Å². The SMILES string of the molecule is CC.CC1=CCC(C)CN1. The topological polar surface area (TPSA) is 12.0 Å². The molecule has 10 heavy (non-hydrogen) atoms. The first kappa shape index (κ1) is 9.54. The summed E-state index contributed by atoms with van der Waals surface area (Å²) in [5.74, 6) is 0.832. The van der Waals surface area contributed by atoms with Crippen molar-refractivity contribution < 1.29 is 0 Å². The predicted octanol–water partition coefficient (Wildman–Crippen LogP) is 2.55. The standard InChI is InChI=1S/C7H13N.C2H6/c1-6-3-4-7(2)8-5-6;1-2/h4,6,8H,3,5H2,1-2H3;1-2H3. The maximum Gasteiger partial charge on any atom is 0.0172 e. The van der Waals surface area contributed by atoms with Crippen molar-refractivity contribution in [2.45, 2.75) is 34.1 Å². The van der Waals surface area contributed by atoms with E-state index >= 15 is 0 Å². The van der Waals surface area contributed by atoms with Gasteiger partial charge in [0.25, 0.3) is 0 Å². The molecule has 1 heteroatoms. The third kappa shape index (κ3) is 3.54. The second kappa shape index (κ2) is 5.33. The molecule has 1 N–H and O–H groups in total. The summed E-state index contributed by atoms with van der Waals surface area (Å²) < 4.78 is 0. The molecule has 0 bridgehead atoms. The van der Waals surface area contributed by atoms with E-state index in [4.69, 9.17) is 0 Å². The van der Waals surface area contributed by atoms with Gasteiger partial charge in [-0.15, -0.1) is 0 Å². The van der Waals surface area contributed by atoms with Gasteiger partial charge in [0.15, 0.2) is 0 Å². The molecular formula is C9H19N. The van der Waals surface area contributed by atoms with Gasteiger partial charge in [-0.25, -0.2) is 0 Å².